The van der Waals surface area contributed by atoms with E-state index in [2.05, 4.69) is 5.32 Å². The Morgan fingerprint density at radius 2 is 2.11 bits per heavy atom. The quantitative estimate of drug-likeness (QED) is 0.865. The van der Waals surface area contributed by atoms with E-state index in [1.165, 1.54) is 0 Å². The molecule has 0 aliphatic heterocycles. The van der Waals surface area contributed by atoms with Crippen molar-refractivity contribution < 1.29 is 14.3 Å². The molecule has 1 aromatic heterocycles. The molecule has 2 aromatic rings. The van der Waals surface area contributed by atoms with Crippen molar-refractivity contribution in [2.75, 3.05) is 5.32 Å². The molecule has 1 aromatic carbocycles. The van der Waals surface area contributed by atoms with Gasteiger partial charge in [0.1, 0.15) is 5.76 Å². The van der Waals surface area contributed by atoms with E-state index in [1.807, 2.05) is 25.1 Å². The van der Waals surface area contributed by atoms with Gasteiger partial charge >= 0.3 is 5.97 Å². The fourth-order valence-corrected chi connectivity index (χ4v) is 1.87. The zero-order chi connectivity index (χ0) is 13.1. The highest BCUT2D eigenvalue weighted by atomic mass is 16.4. The van der Waals surface area contributed by atoms with Crippen molar-refractivity contribution in [3.63, 3.8) is 0 Å². The molecular formula is C14H15NO3. The molecule has 0 fully saturated rings. The molecular weight excluding hydrogens is 230 g/mol. The van der Waals surface area contributed by atoms with Crippen LogP contribution in [0.3, 0.4) is 0 Å². The minimum absolute atomic E-state index is 0.0113. The number of hydrogen-bond acceptors (Lipinski definition) is 3. The number of furan rings is 1. The number of carbonyl (C=O) groups is 1. The molecule has 0 radical (unpaired) electrons. The molecule has 4 heteroatoms. The highest BCUT2D eigenvalue weighted by Gasteiger charge is 2.13. The predicted octanol–water partition coefficient (Wildman–Crippen LogP) is 3.46. The lowest BCUT2D eigenvalue weighted by molar-refractivity contribution is 0.0696. The van der Waals surface area contributed by atoms with E-state index in [0.717, 1.165) is 17.0 Å². The maximum atomic E-state index is 11.0. The zero-order valence-corrected chi connectivity index (χ0v) is 10.3. The standard InChI is InChI=1S/C14H15NO3/c1-9-11(14(16)17)5-3-6-12(9)15-10(2)13-7-4-8-18-13/h3-8,10,15H,1-2H3,(H,16,17). The Kier molecular flexibility index (Phi) is 3.37. The fraction of sp³-hybridized carbons (Fsp3) is 0.214. The molecule has 1 unspecified atom stereocenters. The van der Waals surface area contributed by atoms with Gasteiger partial charge < -0.3 is 14.8 Å². The van der Waals surface area contributed by atoms with Crippen LogP contribution in [0.15, 0.2) is 41.0 Å². The van der Waals surface area contributed by atoms with Crippen molar-refractivity contribution in [3.8, 4) is 0 Å². The highest BCUT2D eigenvalue weighted by molar-refractivity contribution is 5.91. The van der Waals surface area contributed by atoms with E-state index in [4.69, 9.17) is 9.52 Å². The average Bonchev–Trinajstić information content (AvgIpc) is 2.85. The molecule has 0 saturated heterocycles. The maximum Gasteiger partial charge on any atom is 0.336 e. The van der Waals surface area contributed by atoms with Gasteiger partial charge in [-0.05, 0) is 43.7 Å². The van der Waals surface area contributed by atoms with Gasteiger partial charge in [0.05, 0.1) is 17.9 Å². The highest BCUT2D eigenvalue weighted by Crippen LogP contribution is 2.24. The first kappa shape index (κ1) is 12.2. The van der Waals surface area contributed by atoms with Crippen LogP contribution in [0, 0.1) is 6.92 Å². The second-order valence-electron chi connectivity index (χ2n) is 4.16. The second kappa shape index (κ2) is 4.96. The Labute approximate surface area is 105 Å². The fourth-order valence-electron chi connectivity index (χ4n) is 1.87. The van der Waals surface area contributed by atoms with E-state index in [9.17, 15) is 4.79 Å². The van der Waals surface area contributed by atoms with E-state index >= 15 is 0 Å². The zero-order valence-electron chi connectivity index (χ0n) is 10.3. The van der Waals surface area contributed by atoms with Crippen molar-refractivity contribution in [2.24, 2.45) is 0 Å². The van der Waals surface area contributed by atoms with Crippen LogP contribution in [-0.4, -0.2) is 11.1 Å². The van der Waals surface area contributed by atoms with Gasteiger partial charge in [-0.15, -0.1) is 0 Å². The summed E-state index contributed by atoms with van der Waals surface area (Å²) in [5.41, 5.74) is 1.84. The van der Waals surface area contributed by atoms with Crippen LogP contribution in [-0.2, 0) is 0 Å². The smallest absolute Gasteiger partial charge is 0.336 e. The number of rotatable bonds is 4. The summed E-state index contributed by atoms with van der Waals surface area (Å²) in [5, 5.41) is 12.3. The van der Waals surface area contributed by atoms with Gasteiger partial charge in [-0.25, -0.2) is 4.79 Å². The molecule has 4 nitrogen and oxygen atoms in total. The number of benzene rings is 1. The van der Waals surface area contributed by atoms with Gasteiger partial charge in [-0.3, -0.25) is 0 Å². The summed E-state index contributed by atoms with van der Waals surface area (Å²) in [6, 6.07) is 8.89. The Balaban J connectivity index is 2.24. The Morgan fingerprint density at radius 1 is 1.33 bits per heavy atom. The summed E-state index contributed by atoms with van der Waals surface area (Å²) in [5.74, 6) is -0.100. The second-order valence-corrected chi connectivity index (χ2v) is 4.16. The molecule has 0 aliphatic rings. The summed E-state index contributed by atoms with van der Waals surface area (Å²) in [4.78, 5) is 11.0. The van der Waals surface area contributed by atoms with Crippen LogP contribution in [0.5, 0.6) is 0 Å². The summed E-state index contributed by atoms with van der Waals surface area (Å²) in [7, 11) is 0. The lowest BCUT2D eigenvalue weighted by Gasteiger charge is -2.16. The topological polar surface area (TPSA) is 62.5 Å². The molecule has 0 amide bonds. The van der Waals surface area contributed by atoms with E-state index < -0.39 is 5.97 Å². The minimum atomic E-state index is -0.915. The Hall–Kier alpha value is -2.23. The van der Waals surface area contributed by atoms with Gasteiger partial charge in [-0.1, -0.05) is 6.07 Å². The summed E-state index contributed by atoms with van der Waals surface area (Å²) < 4.78 is 5.31. The van der Waals surface area contributed by atoms with Crippen LogP contribution < -0.4 is 5.32 Å². The van der Waals surface area contributed by atoms with Crippen LogP contribution in [0.4, 0.5) is 5.69 Å². The van der Waals surface area contributed by atoms with Gasteiger partial charge in [0.15, 0.2) is 0 Å². The predicted molar refractivity (Wildman–Crippen MR) is 68.9 cm³/mol. The van der Waals surface area contributed by atoms with Crippen LogP contribution in [0.2, 0.25) is 0 Å². The maximum absolute atomic E-state index is 11.0. The third kappa shape index (κ3) is 2.37. The van der Waals surface area contributed by atoms with Crippen LogP contribution in [0.25, 0.3) is 0 Å². The minimum Gasteiger partial charge on any atom is -0.478 e. The number of carboxylic acid groups (broad SMARTS) is 1. The largest absolute Gasteiger partial charge is 0.478 e. The first-order valence-electron chi connectivity index (χ1n) is 5.72. The summed E-state index contributed by atoms with van der Waals surface area (Å²) >= 11 is 0. The van der Waals surface area contributed by atoms with Crippen LogP contribution in [0.1, 0.15) is 34.6 Å². The number of anilines is 1. The lowest BCUT2D eigenvalue weighted by atomic mass is 10.1. The van der Waals surface area contributed by atoms with E-state index in [-0.39, 0.29) is 6.04 Å². The number of nitrogens with one attached hydrogen (secondary N) is 1. The molecule has 1 atom stereocenters. The van der Waals surface area contributed by atoms with Crippen molar-refractivity contribution in [2.45, 2.75) is 19.9 Å². The molecule has 18 heavy (non-hydrogen) atoms. The van der Waals surface area contributed by atoms with Crippen molar-refractivity contribution in [1.29, 1.82) is 0 Å². The number of aromatic carboxylic acids is 1. The normalized spacial score (nSPS) is 12.1. The van der Waals surface area contributed by atoms with E-state index in [1.54, 1.807) is 25.3 Å². The van der Waals surface area contributed by atoms with Gasteiger partial charge in [-0.2, -0.15) is 0 Å². The first-order valence-corrected chi connectivity index (χ1v) is 5.72. The number of carboxylic acids is 1. The Morgan fingerprint density at radius 3 is 2.72 bits per heavy atom. The molecule has 0 saturated carbocycles. The summed E-state index contributed by atoms with van der Waals surface area (Å²) in [6.07, 6.45) is 1.62. The molecule has 0 bridgehead atoms. The summed E-state index contributed by atoms with van der Waals surface area (Å²) in [6.45, 7) is 3.76. The third-order valence-corrected chi connectivity index (χ3v) is 2.91. The number of hydrogen-bond donors (Lipinski definition) is 2. The Bertz CT molecular complexity index is 546. The van der Waals surface area contributed by atoms with Crippen molar-refractivity contribution in [3.05, 3.63) is 53.5 Å². The van der Waals surface area contributed by atoms with Gasteiger partial charge in [0.2, 0.25) is 0 Å². The van der Waals surface area contributed by atoms with Crippen molar-refractivity contribution >= 4 is 11.7 Å². The molecule has 0 spiro atoms. The van der Waals surface area contributed by atoms with E-state index in [0.29, 0.717) is 5.56 Å². The van der Waals surface area contributed by atoms with Gasteiger partial charge in [0.25, 0.3) is 0 Å². The first-order chi connectivity index (χ1) is 8.59. The third-order valence-electron chi connectivity index (χ3n) is 2.91. The molecule has 2 N–H and O–H groups in total. The molecule has 94 valence electrons. The molecule has 0 aliphatic carbocycles. The lowest BCUT2D eigenvalue weighted by Crippen LogP contribution is -2.09. The monoisotopic (exact) mass is 245 g/mol. The molecule has 2 rings (SSSR count). The average molecular weight is 245 g/mol. The van der Waals surface area contributed by atoms with Gasteiger partial charge in [0, 0.05) is 5.69 Å². The molecule has 1 heterocycles. The SMILES string of the molecule is Cc1c(NC(C)c2ccco2)cccc1C(=O)O. The van der Waals surface area contributed by atoms with Crippen molar-refractivity contribution in [1.82, 2.24) is 0 Å². The van der Waals surface area contributed by atoms with Crippen LogP contribution >= 0.6 is 0 Å².